The highest BCUT2D eigenvalue weighted by atomic mass is 16.5. The maximum absolute atomic E-state index is 12.2. The van der Waals surface area contributed by atoms with Gasteiger partial charge in [-0.2, -0.15) is 0 Å². The summed E-state index contributed by atoms with van der Waals surface area (Å²) in [5.74, 6) is -0.412. The van der Waals surface area contributed by atoms with E-state index in [9.17, 15) is 14.4 Å². The highest BCUT2D eigenvalue weighted by molar-refractivity contribution is 5.94. The Balaban J connectivity index is 1.77. The van der Waals surface area contributed by atoms with Crippen molar-refractivity contribution in [3.05, 3.63) is 59.7 Å². The molecular formula is C21H23NO6. The molecule has 1 amide bonds. The lowest BCUT2D eigenvalue weighted by atomic mass is 10.1. The molecule has 0 fully saturated rings. The number of Topliss-reactive ketones (excluding diaryl/α,β-unsaturated/α-hetero) is 1. The molecule has 0 heterocycles. The number of benzene rings is 2. The summed E-state index contributed by atoms with van der Waals surface area (Å²) >= 11 is 0. The molecule has 2 aromatic carbocycles. The van der Waals surface area contributed by atoms with Gasteiger partial charge < -0.3 is 19.9 Å². The number of carbonyl (C=O) groups is 3. The number of carboxylic acid groups (broad SMARTS) is 1. The Kier molecular flexibility index (Phi) is 7.56. The highest BCUT2D eigenvalue weighted by Gasteiger charge is 2.14. The largest absolute Gasteiger partial charge is 0.482 e. The Morgan fingerprint density at radius 2 is 1.79 bits per heavy atom. The number of aliphatic carboxylic acids is 1. The molecule has 1 unspecified atom stereocenters. The summed E-state index contributed by atoms with van der Waals surface area (Å²) in [5, 5.41) is 11.4. The summed E-state index contributed by atoms with van der Waals surface area (Å²) in [6.45, 7) is 3.16. The molecule has 1 atom stereocenters. The molecule has 0 radical (unpaired) electrons. The molecule has 2 rings (SSSR count). The van der Waals surface area contributed by atoms with Crippen LogP contribution in [-0.2, 0) is 16.0 Å². The number of nitrogens with one attached hydrogen (secondary N) is 1. The molecule has 2 aromatic rings. The maximum atomic E-state index is 12.2. The van der Waals surface area contributed by atoms with Gasteiger partial charge in [0.1, 0.15) is 11.5 Å². The number of carbonyl (C=O) groups excluding carboxylic acids is 2. The number of rotatable bonds is 10. The Morgan fingerprint density at radius 3 is 2.43 bits per heavy atom. The molecule has 0 spiro atoms. The molecule has 0 aliphatic carbocycles. The zero-order chi connectivity index (χ0) is 20.5. The number of ketones is 1. The summed E-state index contributed by atoms with van der Waals surface area (Å²) in [6.07, 6.45) is -0.0914. The van der Waals surface area contributed by atoms with Crippen molar-refractivity contribution in [2.45, 2.75) is 26.4 Å². The minimum absolute atomic E-state index is 0.0677. The molecule has 0 saturated carbocycles. The van der Waals surface area contributed by atoms with Crippen LogP contribution in [0.5, 0.6) is 11.5 Å². The van der Waals surface area contributed by atoms with Crippen molar-refractivity contribution in [2.75, 3.05) is 13.2 Å². The van der Waals surface area contributed by atoms with Crippen LogP contribution >= 0.6 is 0 Å². The standard InChI is InChI=1S/C21H23NO6/c1-14(23)17-4-3-5-19(12-17)28-15(2)21(26)22-11-10-16-6-8-18(9-7-16)27-13-20(24)25/h3-9,12,15H,10-11,13H2,1-2H3,(H,22,26)(H,24,25). The lowest BCUT2D eigenvalue weighted by Crippen LogP contribution is -2.37. The molecule has 28 heavy (non-hydrogen) atoms. The first-order valence-corrected chi connectivity index (χ1v) is 8.84. The SMILES string of the molecule is CC(=O)c1cccc(OC(C)C(=O)NCCc2ccc(OCC(=O)O)cc2)c1. The van der Waals surface area contributed by atoms with Crippen molar-refractivity contribution >= 4 is 17.7 Å². The molecule has 2 N–H and O–H groups in total. The number of hydrogen-bond acceptors (Lipinski definition) is 5. The summed E-state index contributed by atoms with van der Waals surface area (Å²) < 4.78 is 10.7. The van der Waals surface area contributed by atoms with Gasteiger partial charge in [0.2, 0.25) is 0 Å². The summed E-state index contributed by atoms with van der Waals surface area (Å²) in [4.78, 5) is 34.1. The molecule has 0 aliphatic heterocycles. The third kappa shape index (κ3) is 6.75. The minimum atomic E-state index is -1.03. The quantitative estimate of drug-likeness (QED) is 0.609. The second-order valence-corrected chi connectivity index (χ2v) is 6.21. The normalized spacial score (nSPS) is 11.4. The van der Waals surface area contributed by atoms with Crippen LogP contribution in [0.3, 0.4) is 0 Å². The second kappa shape index (κ2) is 10.1. The predicted molar refractivity (Wildman–Crippen MR) is 103 cm³/mol. The van der Waals surface area contributed by atoms with E-state index in [1.807, 2.05) is 12.1 Å². The lowest BCUT2D eigenvalue weighted by molar-refractivity contribution is -0.139. The fourth-order valence-electron chi connectivity index (χ4n) is 2.42. The van der Waals surface area contributed by atoms with E-state index in [0.717, 1.165) is 5.56 Å². The van der Waals surface area contributed by atoms with Gasteiger partial charge in [-0.1, -0.05) is 24.3 Å². The molecule has 7 nitrogen and oxygen atoms in total. The fraction of sp³-hybridized carbons (Fsp3) is 0.286. The zero-order valence-corrected chi connectivity index (χ0v) is 15.8. The average Bonchev–Trinajstić information content (AvgIpc) is 2.67. The van der Waals surface area contributed by atoms with Crippen LogP contribution < -0.4 is 14.8 Å². The van der Waals surface area contributed by atoms with E-state index in [2.05, 4.69) is 5.32 Å². The van der Waals surface area contributed by atoms with Gasteiger partial charge in [-0.05, 0) is 50.1 Å². The van der Waals surface area contributed by atoms with Crippen molar-refractivity contribution in [1.82, 2.24) is 5.32 Å². The fourth-order valence-corrected chi connectivity index (χ4v) is 2.42. The van der Waals surface area contributed by atoms with E-state index in [1.165, 1.54) is 6.92 Å². The first kappa shape index (κ1) is 21.0. The van der Waals surface area contributed by atoms with Crippen LogP contribution in [0.15, 0.2) is 48.5 Å². The van der Waals surface area contributed by atoms with Gasteiger partial charge in [0, 0.05) is 12.1 Å². The van der Waals surface area contributed by atoms with Crippen LogP contribution in [0.2, 0.25) is 0 Å². The Morgan fingerprint density at radius 1 is 1.07 bits per heavy atom. The monoisotopic (exact) mass is 385 g/mol. The predicted octanol–water partition coefficient (Wildman–Crippen LogP) is 2.48. The lowest BCUT2D eigenvalue weighted by Gasteiger charge is -2.15. The molecule has 0 aliphatic rings. The van der Waals surface area contributed by atoms with Crippen molar-refractivity contribution in [2.24, 2.45) is 0 Å². The topological polar surface area (TPSA) is 102 Å². The summed E-state index contributed by atoms with van der Waals surface area (Å²) in [6, 6.07) is 13.7. The van der Waals surface area contributed by atoms with Gasteiger partial charge in [0.05, 0.1) is 0 Å². The third-order valence-electron chi connectivity index (χ3n) is 3.92. The van der Waals surface area contributed by atoms with E-state index < -0.39 is 12.1 Å². The Hall–Kier alpha value is -3.35. The smallest absolute Gasteiger partial charge is 0.341 e. The Labute approximate surface area is 163 Å². The van der Waals surface area contributed by atoms with E-state index in [1.54, 1.807) is 43.3 Å². The Bertz CT molecular complexity index is 831. The number of ether oxygens (including phenoxy) is 2. The van der Waals surface area contributed by atoms with Crippen LogP contribution in [0.4, 0.5) is 0 Å². The third-order valence-corrected chi connectivity index (χ3v) is 3.92. The summed E-state index contributed by atoms with van der Waals surface area (Å²) in [7, 11) is 0. The van der Waals surface area contributed by atoms with Crippen molar-refractivity contribution < 1.29 is 29.0 Å². The van der Waals surface area contributed by atoms with Gasteiger partial charge in [0.15, 0.2) is 18.5 Å². The van der Waals surface area contributed by atoms with Gasteiger partial charge >= 0.3 is 5.97 Å². The number of amides is 1. The van der Waals surface area contributed by atoms with Gasteiger partial charge in [0.25, 0.3) is 5.91 Å². The molecule has 0 saturated heterocycles. The van der Waals surface area contributed by atoms with Gasteiger partial charge in [-0.3, -0.25) is 9.59 Å². The van der Waals surface area contributed by atoms with Crippen molar-refractivity contribution in [1.29, 1.82) is 0 Å². The highest BCUT2D eigenvalue weighted by Crippen LogP contribution is 2.16. The van der Waals surface area contributed by atoms with Crippen molar-refractivity contribution in [3.63, 3.8) is 0 Å². The van der Waals surface area contributed by atoms with Crippen molar-refractivity contribution in [3.8, 4) is 11.5 Å². The maximum Gasteiger partial charge on any atom is 0.341 e. The van der Waals surface area contributed by atoms with Crippen LogP contribution in [0.25, 0.3) is 0 Å². The van der Waals surface area contributed by atoms with Crippen LogP contribution in [0.1, 0.15) is 29.8 Å². The number of hydrogen-bond donors (Lipinski definition) is 2. The van der Waals surface area contributed by atoms with Crippen LogP contribution in [-0.4, -0.2) is 42.0 Å². The minimum Gasteiger partial charge on any atom is -0.482 e. The second-order valence-electron chi connectivity index (χ2n) is 6.21. The average molecular weight is 385 g/mol. The van der Waals surface area contributed by atoms with Gasteiger partial charge in [-0.15, -0.1) is 0 Å². The molecule has 0 bridgehead atoms. The first-order chi connectivity index (χ1) is 13.3. The summed E-state index contributed by atoms with van der Waals surface area (Å²) in [5.41, 5.74) is 1.51. The van der Waals surface area contributed by atoms with Gasteiger partial charge in [-0.25, -0.2) is 4.79 Å². The number of carboxylic acids is 1. The molecular weight excluding hydrogens is 362 g/mol. The van der Waals surface area contributed by atoms with E-state index in [4.69, 9.17) is 14.6 Å². The molecule has 7 heteroatoms. The van der Waals surface area contributed by atoms with E-state index >= 15 is 0 Å². The van der Waals surface area contributed by atoms with Crippen LogP contribution in [0, 0.1) is 0 Å². The van der Waals surface area contributed by atoms with E-state index in [-0.39, 0.29) is 18.3 Å². The molecule has 148 valence electrons. The molecule has 0 aromatic heterocycles. The van der Waals surface area contributed by atoms with E-state index in [0.29, 0.717) is 30.0 Å². The zero-order valence-electron chi connectivity index (χ0n) is 15.8. The first-order valence-electron chi connectivity index (χ1n) is 8.84.